The first-order valence-electron chi connectivity index (χ1n) is 7.00. The van der Waals surface area contributed by atoms with Crippen molar-refractivity contribution >= 4 is 47.3 Å². The highest BCUT2D eigenvalue weighted by molar-refractivity contribution is 9.11. The number of sulfonamides is 2. The Hall–Kier alpha value is -0.0000000000000000833. The zero-order valence-electron chi connectivity index (χ0n) is 12.2. The number of hydrogen-bond donors (Lipinski definition) is 0. The van der Waals surface area contributed by atoms with Gasteiger partial charge in [-0.05, 0) is 34.5 Å². The molecule has 0 atom stereocenters. The number of piperazine rings is 1. The molecule has 10 heteroatoms. The quantitative estimate of drug-likeness (QED) is 0.690. The Balaban J connectivity index is 2.03. The molecule has 2 heterocycles. The molecule has 0 spiro atoms. The Morgan fingerprint density at radius 1 is 1.09 bits per heavy atom. The normalized spacial score (nSPS) is 18.6. The van der Waals surface area contributed by atoms with E-state index in [1.807, 2.05) is 6.92 Å². The number of nitrogens with zero attached hydrogens (tertiary/aromatic N) is 2. The van der Waals surface area contributed by atoms with E-state index in [1.54, 1.807) is 12.1 Å². The summed E-state index contributed by atoms with van der Waals surface area (Å²) in [5, 5.41) is 0. The van der Waals surface area contributed by atoms with Crippen LogP contribution < -0.4 is 0 Å². The number of thiophene rings is 1. The highest BCUT2D eigenvalue weighted by Crippen LogP contribution is 2.29. The molecule has 126 valence electrons. The maximum atomic E-state index is 12.5. The van der Waals surface area contributed by atoms with Crippen LogP contribution in [0.25, 0.3) is 0 Å². The van der Waals surface area contributed by atoms with Gasteiger partial charge in [0.25, 0.3) is 10.0 Å². The van der Waals surface area contributed by atoms with Gasteiger partial charge >= 0.3 is 0 Å². The van der Waals surface area contributed by atoms with E-state index in [0.29, 0.717) is 6.42 Å². The van der Waals surface area contributed by atoms with Crippen molar-refractivity contribution in [2.75, 3.05) is 31.9 Å². The molecule has 0 saturated carbocycles. The first kappa shape index (κ1) is 18.3. The predicted molar refractivity (Wildman–Crippen MR) is 91.0 cm³/mol. The summed E-state index contributed by atoms with van der Waals surface area (Å²) in [6, 6.07) is 3.26. The van der Waals surface area contributed by atoms with Crippen LogP contribution in [0.3, 0.4) is 0 Å². The van der Waals surface area contributed by atoms with Gasteiger partial charge in [0.2, 0.25) is 10.0 Å². The first-order chi connectivity index (χ1) is 10.3. The number of halogens is 1. The van der Waals surface area contributed by atoms with Gasteiger partial charge in [-0.15, -0.1) is 11.3 Å². The molecule has 1 fully saturated rings. The zero-order chi connectivity index (χ0) is 16.4. The number of unbranched alkanes of at least 4 members (excludes halogenated alkanes) is 1. The molecule has 0 unspecified atom stereocenters. The molecule has 1 aromatic rings. The van der Waals surface area contributed by atoms with Crippen molar-refractivity contribution < 1.29 is 16.8 Å². The van der Waals surface area contributed by atoms with Gasteiger partial charge in [0.15, 0.2) is 0 Å². The fourth-order valence-corrected chi connectivity index (χ4v) is 7.43. The number of rotatable bonds is 6. The maximum absolute atomic E-state index is 12.5. The largest absolute Gasteiger partial charge is 0.252 e. The van der Waals surface area contributed by atoms with E-state index < -0.39 is 20.0 Å². The van der Waals surface area contributed by atoms with Gasteiger partial charge in [0.05, 0.1) is 9.54 Å². The summed E-state index contributed by atoms with van der Waals surface area (Å²) in [5.41, 5.74) is 0. The van der Waals surface area contributed by atoms with E-state index in [4.69, 9.17) is 0 Å². The second kappa shape index (κ2) is 7.27. The van der Waals surface area contributed by atoms with Crippen molar-refractivity contribution in [3.05, 3.63) is 15.9 Å². The smallest absolute Gasteiger partial charge is 0.212 e. The van der Waals surface area contributed by atoms with Crippen LogP contribution in [-0.2, 0) is 20.0 Å². The van der Waals surface area contributed by atoms with Crippen LogP contribution in [0.5, 0.6) is 0 Å². The van der Waals surface area contributed by atoms with Crippen molar-refractivity contribution in [3.63, 3.8) is 0 Å². The summed E-state index contributed by atoms with van der Waals surface area (Å²) in [4.78, 5) is 0. The molecule has 0 N–H and O–H groups in total. The maximum Gasteiger partial charge on any atom is 0.252 e. The predicted octanol–water partition coefficient (Wildman–Crippen LogP) is 1.95. The number of hydrogen-bond acceptors (Lipinski definition) is 5. The fraction of sp³-hybridized carbons (Fsp3) is 0.667. The van der Waals surface area contributed by atoms with Crippen LogP contribution in [0.4, 0.5) is 0 Å². The Morgan fingerprint density at radius 3 is 2.18 bits per heavy atom. The Kier molecular flexibility index (Phi) is 6.06. The van der Waals surface area contributed by atoms with E-state index >= 15 is 0 Å². The summed E-state index contributed by atoms with van der Waals surface area (Å²) in [5.74, 6) is 0.133. The highest BCUT2D eigenvalue weighted by Gasteiger charge is 2.33. The zero-order valence-corrected chi connectivity index (χ0v) is 16.3. The molecule has 0 radical (unpaired) electrons. The monoisotopic (exact) mass is 430 g/mol. The molecular formula is C12H19BrN2O4S3. The van der Waals surface area contributed by atoms with Crippen LogP contribution in [0, 0.1) is 0 Å². The summed E-state index contributed by atoms with van der Waals surface area (Å²) in [6.07, 6.45) is 1.45. The lowest BCUT2D eigenvalue weighted by Crippen LogP contribution is -2.50. The van der Waals surface area contributed by atoms with Crippen LogP contribution in [-0.4, -0.2) is 57.4 Å². The molecule has 0 aliphatic carbocycles. The molecule has 1 aromatic heterocycles. The molecule has 0 aromatic carbocycles. The van der Waals surface area contributed by atoms with E-state index in [9.17, 15) is 16.8 Å². The van der Waals surface area contributed by atoms with Crippen molar-refractivity contribution in [2.45, 2.75) is 24.0 Å². The van der Waals surface area contributed by atoms with Gasteiger partial charge < -0.3 is 0 Å². The third kappa shape index (κ3) is 4.09. The van der Waals surface area contributed by atoms with Crippen LogP contribution >= 0.6 is 27.3 Å². The van der Waals surface area contributed by atoms with Crippen molar-refractivity contribution in [1.82, 2.24) is 8.61 Å². The van der Waals surface area contributed by atoms with E-state index in [2.05, 4.69) is 15.9 Å². The molecule has 1 aliphatic rings. The molecule has 1 saturated heterocycles. The summed E-state index contributed by atoms with van der Waals surface area (Å²) in [7, 11) is -6.79. The molecule has 0 bridgehead atoms. The lowest BCUT2D eigenvalue weighted by Gasteiger charge is -2.32. The van der Waals surface area contributed by atoms with E-state index in [-0.39, 0.29) is 36.1 Å². The van der Waals surface area contributed by atoms with Crippen molar-refractivity contribution in [2.24, 2.45) is 0 Å². The Bertz CT molecular complexity index is 706. The first-order valence-corrected chi connectivity index (χ1v) is 11.7. The van der Waals surface area contributed by atoms with Gasteiger partial charge in [0, 0.05) is 26.2 Å². The lowest BCUT2D eigenvalue weighted by molar-refractivity contribution is 0.273. The minimum Gasteiger partial charge on any atom is -0.212 e. The highest BCUT2D eigenvalue weighted by atomic mass is 79.9. The summed E-state index contributed by atoms with van der Waals surface area (Å²) in [6.45, 7) is 2.78. The van der Waals surface area contributed by atoms with Crippen molar-refractivity contribution in [3.8, 4) is 0 Å². The van der Waals surface area contributed by atoms with Gasteiger partial charge in [-0.3, -0.25) is 0 Å². The standard InChI is InChI=1S/C12H19BrN2O4S3/c1-2-3-10-21(16,17)14-6-8-15(9-7-14)22(18,19)12-5-4-11(13)20-12/h4-5H,2-3,6-10H2,1H3. The Morgan fingerprint density at radius 2 is 1.68 bits per heavy atom. The molecule has 0 amide bonds. The third-order valence-electron chi connectivity index (χ3n) is 3.49. The second-order valence-corrected chi connectivity index (χ2v) is 11.7. The second-order valence-electron chi connectivity index (χ2n) is 5.03. The molecule has 1 aliphatic heterocycles. The van der Waals surface area contributed by atoms with Crippen LogP contribution in [0.2, 0.25) is 0 Å². The summed E-state index contributed by atoms with van der Waals surface area (Å²) >= 11 is 4.42. The topological polar surface area (TPSA) is 74.8 Å². The molecular weight excluding hydrogens is 412 g/mol. The Labute approximate surface area is 144 Å². The minimum absolute atomic E-state index is 0.133. The van der Waals surface area contributed by atoms with Gasteiger partial charge in [0.1, 0.15) is 4.21 Å². The van der Waals surface area contributed by atoms with Crippen LogP contribution in [0.15, 0.2) is 20.1 Å². The third-order valence-corrected chi connectivity index (χ3v) is 9.44. The minimum atomic E-state index is -3.53. The average molecular weight is 431 g/mol. The SMILES string of the molecule is CCCCS(=O)(=O)N1CCN(S(=O)(=O)c2ccc(Br)s2)CC1. The lowest BCUT2D eigenvalue weighted by atomic mass is 10.4. The van der Waals surface area contributed by atoms with Crippen molar-refractivity contribution in [1.29, 1.82) is 0 Å². The molecule has 2 rings (SSSR count). The summed E-state index contributed by atoms with van der Waals surface area (Å²) < 4.78 is 53.0. The van der Waals surface area contributed by atoms with Crippen LogP contribution in [0.1, 0.15) is 19.8 Å². The van der Waals surface area contributed by atoms with E-state index in [0.717, 1.165) is 21.5 Å². The van der Waals surface area contributed by atoms with Gasteiger partial charge in [-0.2, -0.15) is 8.61 Å². The average Bonchev–Trinajstić information content (AvgIpc) is 2.93. The molecule has 22 heavy (non-hydrogen) atoms. The fourth-order valence-electron chi connectivity index (χ4n) is 2.21. The van der Waals surface area contributed by atoms with Gasteiger partial charge in [-0.1, -0.05) is 13.3 Å². The van der Waals surface area contributed by atoms with E-state index in [1.165, 1.54) is 8.61 Å². The van der Waals surface area contributed by atoms with Gasteiger partial charge in [-0.25, -0.2) is 16.8 Å². The molecule has 6 nitrogen and oxygen atoms in total.